The summed E-state index contributed by atoms with van der Waals surface area (Å²) in [5, 5.41) is 22.9. The van der Waals surface area contributed by atoms with Crippen molar-refractivity contribution in [3.63, 3.8) is 0 Å². The molecule has 0 fully saturated rings. The van der Waals surface area contributed by atoms with Crippen LogP contribution in [0.25, 0.3) is 0 Å². The Balaban J connectivity index is 2.08. The van der Waals surface area contributed by atoms with Gasteiger partial charge in [0.25, 0.3) is 0 Å². The Morgan fingerprint density at radius 1 is 1.26 bits per heavy atom. The molecule has 0 bridgehead atoms. The van der Waals surface area contributed by atoms with Gasteiger partial charge in [-0.2, -0.15) is 5.26 Å². The van der Waals surface area contributed by atoms with E-state index < -0.39 is 5.60 Å². The molecule has 0 aliphatic rings. The van der Waals surface area contributed by atoms with Crippen LogP contribution in [0.4, 0.5) is 5.69 Å². The van der Waals surface area contributed by atoms with Gasteiger partial charge in [0.15, 0.2) is 5.78 Å². The van der Waals surface area contributed by atoms with Gasteiger partial charge < -0.3 is 10.4 Å². The monoisotopic (exact) mass is 308 g/mol. The number of anilines is 1. The molecule has 2 N–H and O–H groups in total. The summed E-state index contributed by atoms with van der Waals surface area (Å²) in [6.45, 7) is 3.74. The SMILES string of the molecule is CC(=O)c1ccc(C#N)c(NCCC(C)(O)c2ccccc2)c1. The van der Waals surface area contributed by atoms with Gasteiger partial charge in [-0.05, 0) is 44.0 Å². The number of benzene rings is 2. The molecule has 2 aromatic rings. The van der Waals surface area contributed by atoms with Crippen LogP contribution < -0.4 is 5.32 Å². The third-order valence-electron chi connectivity index (χ3n) is 3.87. The molecular weight excluding hydrogens is 288 g/mol. The van der Waals surface area contributed by atoms with E-state index in [9.17, 15) is 9.90 Å². The van der Waals surface area contributed by atoms with E-state index in [1.165, 1.54) is 6.92 Å². The van der Waals surface area contributed by atoms with Crippen molar-refractivity contribution in [2.24, 2.45) is 0 Å². The molecule has 23 heavy (non-hydrogen) atoms. The molecule has 2 aromatic carbocycles. The van der Waals surface area contributed by atoms with Crippen LogP contribution in [0.1, 0.15) is 41.8 Å². The molecule has 0 aromatic heterocycles. The van der Waals surface area contributed by atoms with E-state index in [0.717, 1.165) is 5.56 Å². The van der Waals surface area contributed by atoms with E-state index in [-0.39, 0.29) is 5.78 Å². The summed E-state index contributed by atoms with van der Waals surface area (Å²) in [6, 6.07) is 16.5. The van der Waals surface area contributed by atoms with Crippen molar-refractivity contribution >= 4 is 11.5 Å². The van der Waals surface area contributed by atoms with Crippen molar-refractivity contribution in [2.75, 3.05) is 11.9 Å². The van der Waals surface area contributed by atoms with E-state index in [0.29, 0.717) is 29.8 Å². The Labute approximate surface area is 136 Å². The maximum atomic E-state index is 11.5. The molecule has 0 saturated carbocycles. The van der Waals surface area contributed by atoms with Gasteiger partial charge in [0.2, 0.25) is 0 Å². The first kappa shape index (κ1) is 16.7. The molecule has 0 aliphatic carbocycles. The van der Waals surface area contributed by atoms with Gasteiger partial charge in [0.05, 0.1) is 16.9 Å². The predicted octanol–water partition coefficient (Wildman–Crippen LogP) is 3.47. The lowest BCUT2D eigenvalue weighted by Crippen LogP contribution is -2.24. The van der Waals surface area contributed by atoms with Crippen molar-refractivity contribution in [3.8, 4) is 6.07 Å². The lowest BCUT2D eigenvalue weighted by atomic mass is 9.92. The van der Waals surface area contributed by atoms with Crippen LogP contribution in [0.15, 0.2) is 48.5 Å². The molecule has 0 aliphatic heterocycles. The first-order valence-electron chi connectivity index (χ1n) is 7.51. The van der Waals surface area contributed by atoms with Crippen LogP contribution in [0, 0.1) is 11.3 Å². The van der Waals surface area contributed by atoms with Crippen molar-refractivity contribution in [1.82, 2.24) is 0 Å². The Hall–Kier alpha value is -2.64. The molecule has 1 atom stereocenters. The Morgan fingerprint density at radius 3 is 2.57 bits per heavy atom. The van der Waals surface area contributed by atoms with Crippen molar-refractivity contribution < 1.29 is 9.90 Å². The fourth-order valence-corrected chi connectivity index (χ4v) is 2.39. The van der Waals surface area contributed by atoms with E-state index in [2.05, 4.69) is 11.4 Å². The number of nitriles is 1. The predicted molar refractivity (Wildman–Crippen MR) is 90.3 cm³/mol. The third-order valence-corrected chi connectivity index (χ3v) is 3.87. The van der Waals surface area contributed by atoms with Gasteiger partial charge in [-0.25, -0.2) is 0 Å². The zero-order valence-corrected chi connectivity index (χ0v) is 13.3. The molecule has 0 spiro atoms. The van der Waals surface area contributed by atoms with Crippen molar-refractivity contribution in [1.29, 1.82) is 5.26 Å². The summed E-state index contributed by atoms with van der Waals surface area (Å²) < 4.78 is 0. The van der Waals surface area contributed by atoms with E-state index >= 15 is 0 Å². The largest absolute Gasteiger partial charge is 0.385 e. The maximum absolute atomic E-state index is 11.5. The summed E-state index contributed by atoms with van der Waals surface area (Å²) in [5.41, 5.74) is 1.54. The summed E-state index contributed by atoms with van der Waals surface area (Å²) in [6.07, 6.45) is 0.478. The molecule has 2 rings (SSSR count). The molecule has 0 heterocycles. The van der Waals surface area contributed by atoms with Gasteiger partial charge in [0, 0.05) is 12.1 Å². The van der Waals surface area contributed by atoms with Gasteiger partial charge in [-0.15, -0.1) is 0 Å². The number of carbonyl (C=O) groups excluding carboxylic acids is 1. The summed E-state index contributed by atoms with van der Waals surface area (Å²) in [7, 11) is 0. The van der Waals surface area contributed by atoms with Crippen LogP contribution in [0.3, 0.4) is 0 Å². The number of rotatable bonds is 6. The number of ketones is 1. The minimum Gasteiger partial charge on any atom is -0.385 e. The number of hydrogen-bond acceptors (Lipinski definition) is 4. The van der Waals surface area contributed by atoms with E-state index in [1.807, 2.05) is 30.3 Å². The van der Waals surface area contributed by atoms with Crippen LogP contribution in [0.5, 0.6) is 0 Å². The Kier molecular flexibility index (Phi) is 5.15. The van der Waals surface area contributed by atoms with Gasteiger partial charge >= 0.3 is 0 Å². The fraction of sp³-hybridized carbons (Fsp3) is 0.263. The van der Waals surface area contributed by atoms with E-state index in [4.69, 9.17) is 5.26 Å². The molecule has 0 amide bonds. The highest BCUT2D eigenvalue weighted by molar-refractivity contribution is 5.95. The third kappa shape index (κ3) is 4.18. The van der Waals surface area contributed by atoms with Gasteiger partial charge in [-0.3, -0.25) is 4.79 Å². The highest BCUT2D eigenvalue weighted by atomic mass is 16.3. The van der Waals surface area contributed by atoms with Crippen molar-refractivity contribution in [2.45, 2.75) is 25.9 Å². The normalized spacial score (nSPS) is 13.0. The molecule has 4 heteroatoms. The number of nitrogens with one attached hydrogen (secondary N) is 1. The van der Waals surface area contributed by atoms with Crippen LogP contribution >= 0.6 is 0 Å². The number of carbonyl (C=O) groups is 1. The molecule has 118 valence electrons. The number of nitrogens with zero attached hydrogens (tertiary/aromatic N) is 1. The first-order chi connectivity index (χ1) is 10.9. The maximum Gasteiger partial charge on any atom is 0.159 e. The Bertz CT molecular complexity index is 731. The lowest BCUT2D eigenvalue weighted by molar-refractivity contribution is 0.0515. The second-order valence-corrected chi connectivity index (χ2v) is 5.75. The first-order valence-corrected chi connectivity index (χ1v) is 7.51. The minimum atomic E-state index is -0.959. The summed E-state index contributed by atoms with van der Waals surface area (Å²) >= 11 is 0. The van der Waals surface area contributed by atoms with Gasteiger partial charge in [-0.1, -0.05) is 30.3 Å². The number of aliphatic hydroxyl groups is 1. The average Bonchev–Trinajstić information content (AvgIpc) is 2.55. The smallest absolute Gasteiger partial charge is 0.159 e. The van der Waals surface area contributed by atoms with Crippen LogP contribution in [0.2, 0.25) is 0 Å². The van der Waals surface area contributed by atoms with E-state index in [1.54, 1.807) is 25.1 Å². The second kappa shape index (κ2) is 7.08. The molecule has 0 saturated heterocycles. The van der Waals surface area contributed by atoms with Crippen LogP contribution in [-0.2, 0) is 5.60 Å². The minimum absolute atomic E-state index is 0.0474. The molecule has 4 nitrogen and oxygen atoms in total. The molecular formula is C19H20N2O2. The van der Waals surface area contributed by atoms with Gasteiger partial charge in [0.1, 0.15) is 6.07 Å². The summed E-state index contributed by atoms with van der Waals surface area (Å²) in [4.78, 5) is 11.5. The second-order valence-electron chi connectivity index (χ2n) is 5.75. The topological polar surface area (TPSA) is 73.1 Å². The number of Topliss-reactive ketones (excluding diaryl/α,β-unsaturated/α-hetero) is 1. The average molecular weight is 308 g/mol. The zero-order chi connectivity index (χ0) is 16.9. The summed E-state index contributed by atoms with van der Waals surface area (Å²) in [5.74, 6) is -0.0474. The number of hydrogen-bond donors (Lipinski definition) is 2. The molecule has 1 unspecified atom stereocenters. The zero-order valence-electron chi connectivity index (χ0n) is 13.3. The quantitative estimate of drug-likeness (QED) is 0.801. The molecule has 0 radical (unpaired) electrons. The Morgan fingerprint density at radius 2 is 1.96 bits per heavy atom. The standard InChI is InChI=1S/C19H20N2O2/c1-14(22)15-8-9-16(13-20)18(12-15)21-11-10-19(2,23)17-6-4-3-5-7-17/h3-9,12,21,23H,10-11H2,1-2H3. The fourth-order valence-electron chi connectivity index (χ4n) is 2.39. The highest BCUT2D eigenvalue weighted by Crippen LogP contribution is 2.25. The highest BCUT2D eigenvalue weighted by Gasteiger charge is 2.22. The van der Waals surface area contributed by atoms with Crippen molar-refractivity contribution in [3.05, 3.63) is 65.2 Å². The van der Waals surface area contributed by atoms with Crippen LogP contribution in [-0.4, -0.2) is 17.4 Å². The lowest BCUT2D eigenvalue weighted by Gasteiger charge is -2.24.